The normalized spacial score (nSPS) is 23.0. The van der Waals surface area contributed by atoms with Crippen LogP contribution >= 0.6 is 0 Å². The van der Waals surface area contributed by atoms with E-state index in [0.29, 0.717) is 69.9 Å². The third-order valence-electron chi connectivity index (χ3n) is 14.0. The highest BCUT2D eigenvalue weighted by Gasteiger charge is 2.46. The quantitative estimate of drug-likeness (QED) is 0.180. The van der Waals surface area contributed by atoms with Gasteiger partial charge >= 0.3 is 0 Å². The lowest BCUT2D eigenvalue weighted by Crippen LogP contribution is -2.54. The van der Waals surface area contributed by atoms with E-state index in [-0.39, 0.29) is 53.9 Å². The number of nitrogens with zero attached hydrogens (tertiary/aromatic N) is 5. The Kier molecular flexibility index (Phi) is 10.0. The molecule has 3 saturated heterocycles. The van der Waals surface area contributed by atoms with E-state index in [2.05, 4.69) is 15.2 Å². The molecule has 10 rings (SSSR count). The zero-order chi connectivity index (χ0) is 43.2. The minimum absolute atomic E-state index is 0.0595. The fourth-order valence-corrected chi connectivity index (χ4v) is 10.9. The second kappa shape index (κ2) is 15.3. The van der Waals surface area contributed by atoms with Crippen LogP contribution in [-0.2, 0) is 33.9 Å². The molecule has 0 saturated carbocycles. The summed E-state index contributed by atoms with van der Waals surface area (Å²) in [4.78, 5) is 76.5. The maximum absolute atomic E-state index is 16.3. The molecule has 1 unspecified atom stereocenters. The van der Waals surface area contributed by atoms with Crippen LogP contribution in [0.5, 0.6) is 0 Å². The lowest BCUT2D eigenvalue weighted by molar-refractivity contribution is -0.138. The van der Waals surface area contributed by atoms with Crippen LogP contribution < -0.4 is 10.2 Å². The minimum Gasteiger partial charge on any atom is -0.371 e. The average Bonchev–Trinajstić information content (AvgIpc) is 3.91. The van der Waals surface area contributed by atoms with Gasteiger partial charge in [0.05, 0.1) is 23.7 Å². The number of carbonyl (C=O) groups is 5. The van der Waals surface area contributed by atoms with Gasteiger partial charge in [0.25, 0.3) is 17.7 Å². The molecule has 16 heteroatoms. The predicted molar refractivity (Wildman–Crippen MR) is 219 cm³/mol. The SMILES string of the molecule is CC(F)(F)CN1CCc2c([nH]c3ccccc23)[C@H]1c1c(F)cc(N2CCC(C(=O)N3CCC(N4Cc5cc6c(cc5C4)C(=O)N(C4CCC(=O)NC4=O)C6=O)CC3)CC2)cc1F. The number of para-hydroxylation sites is 1. The number of aromatic amines is 1. The van der Waals surface area contributed by atoms with Crippen molar-refractivity contribution in [2.24, 2.45) is 5.92 Å². The topological polar surface area (TPSA) is 129 Å². The van der Waals surface area contributed by atoms with Gasteiger partial charge in [0.1, 0.15) is 17.7 Å². The molecule has 1 aromatic heterocycles. The van der Waals surface area contributed by atoms with Crippen LogP contribution in [0.2, 0.25) is 0 Å². The third-order valence-corrected chi connectivity index (χ3v) is 14.0. The monoisotopic (exact) mass is 853 g/mol. The fourth-order valence-electron chi connectivity index (χ4n) is 10.9. The van der Waals surface area contributed by atoms with Gasteiger partial charge in [-0.1, -0.05) is 18.2 Å². The number of piperidine rings is 3. The van der Waals surface area contributed by atoms with Crippen molar-refractivity contribution in [3.8, 4) is 0 Å². The van der Waals surface area contributed by atoms with Crippen LogP contribution in [0.3, 0.4) is 0 Å². The predicted octanol–water partition coefficient (Wildman–Crippen LogP) is 5.67. The van der Waals surface area contributed by atoms with Gasteiger partial charge in [0, 0.05) is 99.0 Å². The Bertz CT molecular complexity index is 2470. The Morgan fingerprint density at radius 3 is 2.08 bits per heavy atom. The van der Waals surface area contributed by atoms with Crippen molar-refractivity contribution in [1.29, 1.82) is 0 Å². The van der Waals surface area contributed by atoms with E-state index < -0.39 is 59.8 Å². The number of amides is 5. The van der Waals surface area contributed by atoms with E-state index >= 15 is 8.78 Å². The second-order valence-corrected chi connectivity index (χ2v) is 17.9. The van der Waals surface area contributed by atoms with E-state index in [1.165, 1.54) is 17.0 Å². The van der Waals surface area contributed by atoms with Crippen molar-refractivity contribution in [1.82, 2.24) is 29.9 Å². The first-order valence-electron chi connectivity index (χ1n) is 21.6. The smallest absolute Gasteiger partial charge is 0.262 e. The molecule has 3 aromatic carbocycles. The maximum atomic E-state index is 16.3. The zero-order valence-electron chi connectivity index (χ0n) is 34.3. The Morgan fingerprint density at radius 2 is 1.45 bits per heavy atom. The molecule has 12 nitrogen and oxygen atoms in total. The highest BCUT2D eigenvalue weighted by atomic mass is 19.3. The molecule has 7 heterocycles. The van der Waals surface area contributed by atoms with Crippen molar-refractivity contribution in [2.45, 2.75) is 89.0 Å². The molecule has 0 spiro atoms. The number of rotatable bonds is 7. The number of halogens is 4. The summed E-state index contributed by atoms with van der Waals surface area (Å²) in [6, 6.07) is 11.8. The summed E-state index contributed by atoms with van der Waals surface area (Å²) in [6.45, 7) is 3.62. The average molecular weight is 854 g/mol. The molecule has 3 fully saturated rings. The summed E-state index contributed by atoms with van der Waals surface area (Å²) in [7, 11) is 0. The van der Waals surface area contributed by atoms with E-state index in [1.54, 1.807) is 12.1 Å². The summed E-state index contributed by atoms with van der Waals surface area (Å²) in [5.41, 5.74) is 4.75. The van der Waals surface area contributed by atoms with Gasteiger partial charge in [-0.2, -0.15) is 0 Å². The highest BCUT2D eigenvalue weighted by Crippen LogP contribution is 2.43. The molecule has 0 radical (unpaired) electrons. The zero-order valence-corrected chi connectivity index (χ0v) is 34.3. The Morgan fingerprint density at radius 1 is 0.806 bits per heavy atom. The lowest BCUT2D eigenvalue weighted by atomic mass is 9.90. The summed E-state index contributed by atoms with van der Waals surface area (Å²) in [6.07, 6.45) is 3.20. The van der Waals surface area contributed by atoms with Gasteiger partial charge in [-0.05, 0) is 85.5 Å². The number of H-pyrrole nitrogens is 1. The lowest BCUT2D eigenvalue weighted by Gasteiger charge is -2.40. The minimum atomic E-state index is -3.07. The molecule has 0 bridgehead atoms. The Labute approximate surface area is 355 Å². The summed E-state index contributed by atoms with van der Waals surface area (Å²) >= 11 is 0. The van der Waals surface area contributed by atoms with Crippen molar-refractivity contribution in [2.75, 3.05) is 44.2 Å². The van der Waals surface area contributed by atoms with Crippen LogP contribution in [0, 0.1) is 17.6 Å². The summed E-state index contributed by atoms with van der Waals surface area (Å²) in [5.74, 6) is -6.93. The standard InChI is InChI=1S/C46H47F4N7O5/c1-46(49,50)24-55-17-12-31-30-4-2-3-5-36(30)51-40(31)41(55)39-34(47)20-29(21-35(39)48)53-13-8-25(9-14-53)43(60)54-15-10-28(11-16-54)56-22-26-18-32-33(19-27(26)23-56)45(62)57(44(32)61)37-6-7-38(58)52-42(37)59/h2-5,18-21,25,28,37,41,51H,6-17,22-24H2,1H3,(H,52,58,59)/t37?,41-/m1/s1. The molecule has 4 aromatic rings. The van der Waals surface area contributed by atoms with E-state index in [0.717, 1.165) is 52.3 Å². The number of carbonyl (C=O) groups excluding carboxylic acids is 5. The van der Waals surface area contributed by atoms with Crippen LogP contribution in [0.4, 0.5) is 23.2 Å². The molecular weight excluding hydrogens is 807 g/mol. The molecule has 0 aliphatic carbocycles. The van der Waals surface area contributed by atoms with Gasteiger partial charge in [-0.25, -0.2) is 17.6 Å². The van der Waals surface area contributed by atoms with Crippen LogP contribution in [0.15, 0.2) is 48.5 Å². The number of alkyl halides is 2. The number of nitrogens with one attached hydrogen (secondary N) is 2. The van der Waals surface area contributed by atoms with Gasteiger partial charge in [0.2, 0.25) is 17.7 Å². The molecule has 6 aliphatic rings. The third kappa shape index (κ3) is 7.04. The molecular formula is C46H47F4N7O5. The number of anilines is 1. The molecule has 324 valence electrons. The number of benzene rings is 3. The molecule has 2 atom stereocenters. The fraction of sp³-hybridized carbons (Fsp3) is 0.457. The van der Waals surface area contributed by atoms with E-state index in [1.807, 2.05) is 34.1 Å². The van der Waals surface area contributed by atoms with Crippen LogP contribution in [-0.4, -0.2) is 111 Å². The first-order chi connectivity index (χ1) is 29.7. The Hall–Kier alpha value is -5.61. The van der Waals surface area contributed by atoms with E-state index in [4.69, 9.17) is 0 Å². The van der Waals surface area contributed by atoms with E-state index in [9.17, 15) is 32.8 Å². The van der Waals surface area contributed by atoms with Gasteiger partial charge in [-0.3, -0.25) is 44.0 Å². The van der Waals surface area contributed by atoms with Crippen molar-refractivity contribution in [3.63, 3.8) is 0 Å². The second-order valence-electron chi connectivity index (χ2n) is 17.9. The highest BCUT2D eigenvalue weighted by molar-refractivity contribution is 6.23. The largest absolute Gasteiger partial charge is 0.371 e. The van der Waals surface area contributed by atoms with Crippen molar-refractivity contribution >= 4 is 46.1 Å². The number of hydrogen-bond acceptors (Lipinski definition) is 8. The summed E-state index contributed by atoms with van der Waals surface area (Å²) < 4.78 is 61.4. The van der Waals surface area contributed by atoms with Crippen LogP contribution in [0.1, 0.15) is 100 Å². The molecule has 5 amide bonds. The summed E-state index contributed by atoms with van der Waals surface area (Å²) in [5, 5.41) is 3.14. The first kappa shape index (κ1) is 40.5. The van der Waals surface area contributed by atoms with Crippen molar-refractivity contribution in [3.05, 3.63) is 99.2 Å². The van der Waals surface area contributed by atoms with Crippen LogP contribution in [0.25, 0.3) is 10.9 Å². The Balaban J connectivity index is 0.755. The van der Waals surface area contributed by atoms with Gasteiger partial charge in [-0.15, -0.1) is 0 Å². The van der Waals surface area contributed by atoms with Gasteiger partial charge < -0.3 is 14.8 Å². The maximum Gasteiger partial charge on any atom is 0.262 e. The number of fused-ring (bicyclic) bond motifs is 5. The number of imide groups is 2. The number of hydrogen-bond donors (Lipinski definition) is 2. The molecule has 2 N–H and O–H groups in total. The van der Waals surface area contributed by atoms with Crippen molar-refractivity contribution < 1.29 is 41.5 Å². The first-order valence-corrected chi connectivity index (χ1v) is 21.6. The number of aromatic nitrogens is 1. The molecule has 6 aliphatic heterocycles. The number of likely N-dealkylation sites (tertiary alicyclic amines) is 1. The van der Waals surface area contributed by atoms with Gasteiger partial charge in [0.15, 0.2) is 0 Å². The molecule has 62 heavy (non-hydrogen) atoms.